The first-order chi connectivity index (χ1) is 13.2. The molecule has 3 rings (SSSR count). The average molecular weight is 381 g/mol. The van der Waals surface area contributed by atoms with E-state index in [1.807, 2.05) is 55.7 Å². The van der Waals surface area contributed by atoms with Gasteiger partial charge in [-0.05, 0) is 42.5 Å². The van der Waals surface area contributed by atoms with Gasteiger partial charge in [-0.15, -0.1) is 0 Å². The Kier molecular flexibility index (Phi) is 6.35. The number of ether oxygens (including phenoxy) is 1. The minimum Gasteiger partial charge on any atom is -0.458 e. The summed E-state index contributed by atoms with van der Waals surface area (Å²) in [5.41, 5.74) is 1.42. The fourth-order valence-electron chi connectivity index (χ4n) is 3.78. The molecule has 2 unspecified atom stereocenters. The topological polar surface area (TPSA) is 51.2 Å². The first-order valence-corrected chi connectivity index (χ1v) is 9.64. The normalized spacial score (nSPS) is 22.3. The Morgan fingerprint density at radius 3 is 2.78 bits per heavy atom. The van der Waals surface area contributed by atoms with Crippen molar-refractivity contribution in [3.05, 3.63) is 72.1 Å². The van der Waals surface area contributed by atoms with Gasteiger partial charge in [0.2, 0.25) is 0 Å². The summed E-state index contributed by atoms with van der Waals surface area (Å²) in [6.07, 6.45) is 10.2. The van der Waals surface area contributed by atoms with Gasteiger partial charge < -0.3 is 10.1 Å². The van der Waals surface area contributed by atoms with Crippen LogP contribution in [0.4, 0.5) is 0 Å². The third kappa shape index (κ3) is 4.25. The number of esters is 1. The second-order valence-electron chi connectivity index (χ2n) is 6.71. The minimum atomic E-state index is -0.535. The van der Waals surface area contributed by atoms with Crippen LogP contribution in [0.5, 0.6) is 0 Å². The number of benzene rings is 1. The molecule has 1 aromatic heterocycles. The lowest BCUT2D eigenvalue weighted by Crippen LogP contribution is -2.53. The highest BCUT2D eigenvalue weighted by molar-refractivity contribution is 7.80. The van der Waals surface area contributed by atoms with E-state index in [4.69, 9.17) is 17.0 Å². The van der Waals surface area contributed by atoms with Crippen LogP contribution in [0.2, 0.25) is 0 Å². The molecule has 2 atom stereocenters. The summed E-state index contributed by atoms with van der Waals surface area (Å²) in [6.45, 7) is 0. The molecule has 2 aromatic rings. The van der Waals surface area contributed by atoms with E-state index in [2.05, 4.69) is 10.3 Å². The standard InChI is InChI=1S/C22H24N2O2S/c1-23-21(27)22(18-10-7-15-24-16-18)14-6-5-11-19(22)26-20(25)13-12-17-8-3-2-4-9-17/h2-4,7-10,12-13,15-16,19H,5-6,11,14H2,1H3,(H,23,27)/b13-12+. The molecule has 1 fully saturated rings. The summed E-state index contributed by atoms with van der Waals surface area (Å²) >= 11 is 5.69. The Bertz CT molecular complexity index is 808. The van der Waals surface area contributed by atoms with Crippen molar-refractivity contribution in [2.24, 2.45) is 0 Å². The van der Waals surface area contributed by atoms with E-state index >= 15 is 0 Å². The fourth-order valence-corrected chi connectivity index (χ4v) is 4.13. The van der Waals surface area contributed by atoms with Crippen LogP contribution in [0.3, 0.4) is 0 Å². The molecule has 1 aromatic carbocycles. The first-order valence-electron chi connectivity index (χ1n) is 9.23. The number of nitrogens with zero attached hydrogens (tertiary/aromatic N) is 1. The summed E-state index contributed by atoms with van der Waals surface area (Å²) in [4.78, 5) is 17.5. The van der Waals surface area contributed by atoms with E-state index in [-0.39, 0.29) is 12.1 Å². The Morgan fingerprint density at radius 2 is 2.07 bits per heavy atom. The number of nitrogens with one attached hydrogen (secondary N) is 1. The summed E-state index contributed by atoms with van der Waals surface area (Å²) in [7, 11) is 1.82. The summed E-state index contributed by atoms with van der Waals surface area (Å²) < 4.78 is 5.93. The summed E-state index contributed by atoms with van der Waals surface area (Å²) in [6, 6.07) is 13.6. The lowest BCUT2D eigenvalue weighted by molar-refractivity contribution is -0.146. The van der Waals surface area contributed by atoms with Gasteiger partial charge in [-0.3, -0.25) is 4.98 Å². The van der Waals surface area contributed by atoms with Crippen molar-refractivity contribution in [3.8, 4) is 0 Å². The van der Waals surface area contributed by atoms with Gasteiger partial charge in [-0.1, -0.05) is 55.0 Å². The molecule has 4 nitrogen and oxygen atoms in total. The smallest absolute Gasteiger partial charge is 0.331 e. The molecular formula is C22H24N2O2S. The van der Waals surface area contributed by atoms with Gasteiger partial charge in [-0.2, -0.15) is 0 Å². The van der Waals surface area contributed by atoms with Crippen LogP contribution in [0.1, 0.15) is 36.8 Å². The quantitative estimate of drug-likeness (QED) is 0.481. The fraction of sp³-hybridized carbons (Fsp3) is 0.318. The van der Waals surface area contributed by atoms with Crippen LogP contribution in [-0.2, 0) is 14.9 Å². The van der Waals surface area contributed by atoms with E-state index < -0.39 is 5.41 Å². The molecule has 0 amide bonds. The Balaban J connectivity index is 1.85. The minimum absolute atomic E-state index is 0.316. The van der Waals surface area contributed by atoms with Crippen LogP contribution in [0, 0.1) is 0 Å². The number of hydrogen-bond acceptors (Lipinski definition) is 4. The predicted molar refractivity (Wildman–Crippen MR) is 111 cm³/mol. The van der Waals surface area contributed by atoms with Crippen LogP contribution < -0.4 is 5.32 Å². The molecular weight excluding hydrogens is 356 g/mol. The van der Waals surface area contributed by atoms with Crippen molar-refractivity contribution in [1.82, 2.24) is 10.3 Å². The lowest BCUT2D eigenvalue weighted by Gasteiger charge is -2.43. The average Bonchev–Trinajstić information content (AvgIpc) is 2.73. The van der Waals surface area contributed by atoms with E-state index in [0.717, 1.165) is 36.8 Å². The van der Waals surface area contributed by atoms with Crippen LogP contribution in [-0.4, -0.2) is 29.1 Å². The number of rotatable bonds is 5. The molecule has 0 bridgehead atoms. The SMILES string of the molecule is CNC(=S)C1(c2cccnc2)CCCCC1OC(=O)/C=C/c1ccccc1. The van der Waals surface area contributed by atoms with Gasteiger partial charge in [0, 0.05) is 25.5 Å². The van der Waals surface area contributed by atoms with Gasteiger partial charge in [-0.25, -0.2) is 4.79 Å². The van der Waals surface area contributed by atoms with E-state index in [1.54, 1.807) is 12.3 Å². The largest absolute Gasteiger partial charge is 0.458 e. The van der Waals surface area contributed by atoms with Gasteiger partial charge in [0.15, 0.2) is 0 Å². The number of likely N-dealkylation sites (N-methyl/N-ethyl adjacent to an activating group) is 1. The maximum atomic E-state index is 12.5. The molecule has 1 N–H and O–H groups in total. The highest BCUT2D eigenvalue weighted by atomic mass is 32.1. The number of pyridine rings is 1. The second-order valence-corrected chi connectivity index (χ2v) is 7.12. The lowest BCUT2D eigenvalue weighted by atomic mass is 9.67. The van der Waals surface area contributed by atoms with Crippen molar-refractivity contribution >= 4 is 29.3 Å². The summed E-state index contributed by atoms with van der Waals surface area (Å²) in [5.74, 6) is -0.349. The predicted octanol–water partition coefficient (Wildman–Crippen LogP) is 4.07. The third-order valence-corrected chi connectivity index (χ3v) is 5.68. The molecule has 0 aliphatic heterocycles. The zero-order valence-corrected chi connectivity index (χ0v) is 16.2. The maximum absolute atomic E-state index is 12.5. The molecule has 27 heavy (non-hydrogen) atoms. The zero-order valence-electron chi connectivity index (χ0n) is 15.4. The highest BCUT2D eigenvalue weighted by Crippen LogP contribution is 2.42. The van der Waals surface area contributed by atoms with Crippen molar-refractivity contribution in [3.63, 3.8) is 0 Å². The van der Waals surface area contributed by atoms with Crippen LogP contribution in [0.25, 0.3) is 6.08 Å². The molecule has 0 saturated heterocycles. The van der Waals surface area contributed by atoms with Crippen LogP contribution >= 0.6 is 12.2 Å². The van der Waals surface area contributed by atoms with E-state index in [9.17, 15) is 4.79 Å². The molecule has 5 heteroatoms. The van der Waals surface area contributed by atoms with E-state index in [1.165, 1.54) is 6.08 Å². The summed E-state index contributed by atoms with van der Waals surface area (Å²) in [5, 5.41) is 3.13. The van der Waals surface area contributed by atoms with Crippen molar-refractivity contribution < 1.29 is 9.53 Å². The second kappa shape index (κ2) is 8.91. The first kappa shape index (κ1) is 19.2. The molecule has 0 spiro atoms. The highest BCUT2D eigenvalue weighted by Gasteiger charge is 2.48. The Morgan fingerprint density at radius 1 is 1.26 bits per heavy atom. The van der Waals surface area contributed by atoms with Crippen molar-refractivity contribution in [1.29, 1.82) is 0 Å². The maximum Gasteiger partial charge on any atom is 0.331 e. The monoisotopic (exact) mass is 380 g/mol. The van der Waals surface area contributed by atoms with Gasteiger partial charge in [0.1, 0.15) is 6.10 Å². The van der Waals surface area contributed by atoms with Gasteiger partial charge in [0.05, 0.1) is 10.4 Å². The Labute approximate surface area is 165 Å². The molecule has 1 heterocycles. The number of hydrogen-bond donors (Lipinski definition) is 1. The molecule has 1 aliphatic carbocycles. The number of carbonyl (C=O) groups is 1. The molecule has 1 saturated carbocycles. The zero-order chi connectivity index (χ0) is 19.1. The Hall–Kier alpha value is -2.53. The van der Waals surface area contributed by atoms with Crippen molar-refractivity contribution in [2.75, 3.05) is 7.05 Å². The molecule has 0 radical (unpaired) electrons. The van der Waals surface area contributed by atoms with Crippen molar-refractivity contribution in [2.45, 2.75) is 37.2 Å². The van der Waals surface area contributed by atoms with Crippen LogP contribution in [0.15, 0.2) is 60.9 Å². The van der Waals surface area contributed by atoms with Gasteiger partial charge in [0.25, 0.3) is 0 Å². The van der Waals surface area contributed by atoms with Gasteiger partial charge >= 0.3 is 5.97 Å². The number of aromatic nitrogens is 1. The third-order valence-electron chi connectivity index (χ3n) is 5.12. The van der Waals surface area contributed by atoms with E-state index in [0.29, 0.717) is 4.99 Å². The molecule has 140 valence electrons. The number of thiocarbonyl (C=S) groups is 1. The molecule has 1 aliphatic rings. The number of carbonyl (C=O) groups excluding carboxylic acids is 1.